The third-order valence-electron chi connectivity index (χ3n) is 3.51. The standard InChI is InChI=1S/C17H20ClFN2O2S/c1-20(2)10-11-21(13-14-6-4-3-5-7-14)24(22,23)17-9-8-15(18)12-16(17)19/h3-9,12H,10-11,13H2,1-2H3. The lowest BCUT2D eigenvalue weighted by Gasteiger charge is -2.24. The maximum atomic E-state index is 14.1. The van der Waals surface area contributed by atoms with Crippen molar-refractivity contribution >= 4 is 21.6 Å². The summed E-state index contributed by atoms with van der Waals surface area (Å²) in [7, 11) is -0.255. The number of hydrogen-bond acceptors (Lipinski definition) is 3. The summed E-state index contributed by atoms with van der Waals surface area (Å²) in [5.41, 5.74) is 0.842. The molecular weight excluding hydrogens is 351 g/mol. The highest BCUT2D eigenvalue weighted by atomic mass is 35.5. The van der Waals surface area contributed by atoms with Gasteiger partial charge in [0.05, 0.1) is 0 Å². The van der Waals surface area contributed by atoms with Gasteiger partial charge in [0, 0.05) is 24.7 Å². The van der Waals surface area contributed by atoms with Crippen LogP contribution in [0.5, 0.6) is 0 Å². The zero-order valence-electron chi connectivity index (χ0n) is 13.6. The van der Waals surface area contributed by atoms with Crippen molar-refractivity contribution in [3.05, 3.63) is 64.9 Å². The third kappa shape index (κ3) is 4.77. The Kier molecular flexibility index (Phi) is 6.34. The van der Waals surface area contributed by atoms with E-state index in [9.17, 15) is 12.8 Å². The number of likely N-dealkylation sites (N-methyl/N-ethyl adjacent to an activating group) is 1. The molecule has 7 heteroatoms. The number of hydrogen-bond donors (Lipinski definition) is 0. The van der Waals surface area contributed by atoms with Crippen LogP contribution in [-0.4, -0.2) is 44.8 Å². The predicted octanol–water partition coefficient (Wildman–Crippen LogP) is 3.23. The molecule has 0 aliphatic heterocycles. The van der Waals surface area contributed by atoms with Crippen molar-refractivity contribution in [2.24, 2.45) is 0 Å². The zero-order valence-corrected chi connectivity index (χ0v) is 15.2. The molecule has 0 saturated heterocycles. The first-order valence-corrected chi connectivity index (χ1v) is 9.26. The Morgan fingerprint density at radius 1 is 1.04 bits per heavy atom. The van der Waals surface area contributed by atoms with Gasteiger partial charge in [-0.1, -0.05) is 41.9 Å². The average Bonchev–Trinajstić information content (AvgIpc) is 2.51. The van der Waals surface area contributed by atoms with E-state index in [1.165, 1.54) is 16.4 Å². The Bertz CT molecular complexity index is 782. The SMILES string of the molecule is CN(C)CCN(Cc1ccccc1)S(=O)(=O)c1ccc(Cl)cc1F. The Balaban J connectivity index is 2.36. The van der Waals surface area contributed by atoms with Crippen molar-refractivity contribution in [1.82, 2.24) is 9.21 Å². The molecule has 0 aliphatic rings. The van der Waals surface area contributed by atoms with Crippen LogP contribution < -0.4 is 0 Å². The van der Waals surface area contributed by atoms with Crippen molar-refractivity contribution in [1.29, 1.82) is 0 Å². The Labute approximate surface area is 147 Å². The van der Waals surface area contributed by atoms with Crippen LogP contribution in [0.4, 0.5) is 4.39 Å². The molecule has 4 nitrogen and oxygen atoms in total. The van der Waals surface area contributed by atoms with Crippen molar-refractivity contribution in [3.8, 4) is 0 Å². The lowest BCUT2D eigenvalue weighted by Crippen LogP contribution is -2.36. The van der Waals surface area contributed by atoms with Gasteiger partial charge in [0.15, 0.2) is 0 Å². The lowest BCUT2D eigenvalue weighted by atomic mass is 10.2. The first-order valence-electron chi connectivity index (χ1n) is 7.44. The largest absolute Gasteiger partial charge is 0.308 e. The highest BCUT2D eigenvalue weighted by molar-refractivity contribution is 7.89. The summed E-state index contributed by atoms with van der Waals surface area (Å²) in [6.07, 6.45) is 0. The molecule has 24 heavy (non-hydrogen) atoms. The van der Waals surface area contributed by atoms with Crippen molar-refractivity contribution in [2.75, 3.05) is 27.2 Å². The molecule has 0 fully saturated rings. The molecule has 0 aromatic heterocycles. The van der Waals surface area contributed by atoms with E-state index < -0.39 is 15.8 Å². The monoisotopic (exact) mass is 370 g/mol. The molecule has 0 atom stereocenters. The number of benzene rings is 2. The maximum absolute atomic E-state index is 14.1. The second kappa shape index (κ2) is 8.07. The summed E-state index contributed by atoms with van der Waals surface area (Å²) in [4.78, 5) is 1.52. The molecule has 0 spiro atoms. The molecule has 2 rings (SSSR count). The minimum Gasteiger partial charge on any atom is -0.308 e. The van der Waals surface area contributed by atoms with Crippen molar-refractivity contribution in [2.45, 2.75) is 11.4 Å². The number of halogens is 2. The predicted molar refractivity (Wildman–Crippen MR) is 94.0 cm³/mol. The highest BCUT2D eigenvalue weighted by Gasteiger charge is 2.27. The van der Waals surface area contributed by atoms with E-state index in [0.29, 0.717) is 6.54 Å². The van der Waals surface area contributed by atoms with Gasteiger partial charge >= 0.3 is 0 Å². The number of sulfonamides is 1. The molecular formula is C17H20ClFN2O2S. The highest BCUT2D eigenvalue weighted by Crippen LogP contribution is 2.23. The topological polar surface area (TPSA) is 40.6 Å². The molecule has 0 amide bonds. The minimum atomic E-state index is -3.97. The van der Waals surface area contributed by atoms with Crippen LogP contribution >= 0.6 is 11.6 Å². The van der Waals surface area contributed by atoms with Crippen LogP contribution in [0.3, 0.4) is 0 Å². The Morgan fingerprint density at radius 2 is 1.71 bits per heavy atom. The van der Waals surface area contributed by atoms with Crippen LogP contribution in [0.1, 0.15) is 5.56 Å². The normalized spacial score (nSPS) is 12.1. The van der Waals surface area contributed by atoms with Gasteiger partial charge in [-0.3, -0.25) is 0 Å². The van der Waals surface area contributed by atoms with E-state index in [2.05, 4.69) is 0 Å². The molecule has 0 radical (unpaired) electrons. The van der Waals surface area contributed by atoms with Crippen LogP contribution in [0.15, 0.2) is 53.4 Å². The molecule has 2 aromatic carbocycles. The van der Waals surface area contributed by atoms with Crippen LogP contribution in [0, 0.1) is 5.82 Å². The van der Waals surface area contributed by atoms with Crippen LogP contribution in [-0.2, 0) is 16.6 Å². The van der Waals surface area contributed by atoms with Gasteiger partial charge in [0.2, 0.25) is 10.0 Å². The molecule has 0 unspecified atom stereocenters. The smallest absolute Gasteiger partial charge is 0.246 e. The second-order valence-electron chi connectivity index (χ2n) is 5.70. The van der Waals surface area contributed by atoms with Gasteiger partial charge in [0.1, 0.15) is 10.7 Å². The second-order valence-corrected chi connectivity index (χ2v) is 8.05. The first kappa shape index (κ1) is 18.9. The fourth-order valence-corrected chi connectivity index (χ4v) is 3.83. The fourth-order valence-electron chi connectivity index (χ4n) is 2.21. The van der Waals surface area contributed by atoms with Crippen LogP contribution in [0.25, 0.3) is 0 Å². The molecule has 0 aliphatic carbocycles. The maximum Gasteiger partial charge on any atom is 0.246 e. The van der Waals surface area contributed by atoms with Crippen molar-refractivity contribution in [3.63, 3.8) is 0 Å². The lowest BCUT2D eigenvalue weighted by molar-refractivity contribution is 0.328. The van der Waals surface area contributed by atoms with E-state index in [1.807, 2.05) is 49.3 Å². The van der Waals surface area contributed by atoms with Crippen LogP contribution in [0.2, 0.25) is 5.02 Å². The number of rotatable bonds is 7. The summed E-state index contributed by atoms with van der Waals surface area (Å²) in [5, 5.41) is 0.161. The summed E-state index contributed by atoms with van der Waals surface area (Å²) in [6, 6.07) is 12.8. The molecule has 0 N–H and O–H groups in total. The van der Waals surface area contributed by atoms with Gasteiger partial charge in [-0.2, -0.15) is 4.31 Å². The summed E-state index contributed by atoms with van der Waals surface area (Å²) in [6.45, 7) is 0.965. The van der Waals surface area contributed by atoms with Gasteiger partial charge in [-0.25, -0.2) is 12.8 Å². The summed E-state index contributed by atoms with van der Waals surface area (Å²) < 4.78 is 41.2. The molecule has 0 saturated carbocycles. The average molecular weight is 371 g/mol. The van der Waals surface area contributed by atoms with Gasteiger partial charge in [-0.15, -0.1) is 0 Å². The van der Waals surface area contributed by atoms with E-state index in [1.54, 1.807) is 0 Å². The minimum absolute atomic E-state index is 0.161. The summed E-state index contributed by atoms with van der Waals surface area (Å²) in [5.74, 6) is -0.842. The fraction of sp³-hybridized carbons (Fsp3) is 0.294. The van der Waals surface area contributed by atoms with Crippen molar-refractivity contribution < 1.29 is 12.8 Å². The third-order valence-corrected chi connectivity index (χ3v) is 5.62. The van der Waals surface area contributed by atoms with Gasteiger partial charge in [-0.05, 0) is 37.9 Å². The van der Waals surface area contributed by atoms with E-state index in [4.69, 9.17) is 11.6 Å². The zero-order chi connectivity index (χ0) is 17.7. The van der Waals surface area contributed by atoms with E-state index in [0.717, 1.165) is 11.6 Å². The van der Waals surface area contributed by atoms with E-state index in [-0.39, 0.29) is 23.0 Å². The first-order chi connectivity index (χ1) is 11.3. The van der Waals surface area contributed by atoms with E-state index >= 15 is 0 Å². The molecule has 130 valence electrons. The Hall–Kier alpha value is -1.47. The molecule has 2 aromatic rings. The number of nitrogens with zero attached hydrogens (tertiary/aromatic N) is 2. The summed E-state index contributed by atoms with van der Waals surface area (Å²) >= 11 is 5.72. The molecule has 0 bridgehead atoms. The molecule has 0 heterocycles. The van der Waals surface area contributed by atoms with Gasteiger partial charge in [0.25, 0.3) is 0 Å². The quantitative estimate of drug-likeness (QED) is 0.751. The van der Waals surface area contributed by atoms with Gasteiger partial charge < -0.3 is 4.90 Å². The Morgan fingerprint density at radius 3 is 2.29 bits per heavy atom.